The molecule has 0 radical (unpaired) electrons. The van der Waals surface area contributed by atoms with Crippen molar-refractivity contribution in [1.82, 2.24) is 14.6 Å². The monoisotopic (exact) mass is 480 g/mol. The number of nitrogens with two attached hydrogens (primary N) is 3. The zero-order valence-electron chi connectivity index (χ0n) is 19.0. The van der Waals surface area contributed by atoms with Crippen molar-refractivity contribution in [1.29, 1.82) is 0 Å². The number of hydrogen-bond donors (Lipinski definition) is 4. The van der Waals surface area contributed by atoms with Crippen LogP contribution in [0.2, 0.25) is 0 Å². The van der Waals surface area contributed by atoms with E-state index in [2.05, 4.69) is 4.98 Å². The molecule has 0 saturated carbocycles. The molecule has 2 aliphatic heterocycles. The summed E-state index contributed by atoms with van der Waals surface area (Å²) < 4.78 is 20.9. The van der Waals surface area contributed by atoms with Gasteiger partial charge in [-0.1, -0.05) is 0 Å². The Morgan fingerprint density at radius 2 is 2.11 bits per heavy atom. The van der Waals surface area contributed by atoms with Crippen molar-refractivity contribution in [3.8, 4) is 11.4 Å². The molecule has 0 fully saturated rings. The zero-order chi connectivity index (χ0) is 25.0. The first-order valence-electron chi connectivity index (χ1n) is 11.1. The number of hydrazine groups is 1. The third kappa shape index (κ3) is 3.73. The van der Waals surface area contributed by atoms with Crippen LogP contribution in [0.25, 0.3) is 22.3 Å². The van der Waals surface area contributed by atoms with Crippen molar-refractivity contribution in [3.63, 3.8) is 0 Å². The lowest BCUT2D eigenvalue weighted by Crippen LogP contribution is -2.32. The first-order chi connectivity index (χ1) is 16.7. The SMILES string of the molecule is Cc1cc2c(CN(N)/C=C(\N)CCN)c3c(nc2cc1F)-c1cc2c(c(=O)n1C3)COC(=O)C2O. The van der Waals surface area contributed by atoms with Crippen LogP contribution in [0.3, 0.4) is 0 Å². The van der Waals surface area contributed by atoms with E-state index in [1.165, 1.54) is 15.6 Å². The molecule has 1 unspecified atom stereocenters. The Balaban J connectivity index is 1.72. The maximum absolute atomic E-state index is 14.5. The molecule has 1 atom stereocenters. The van der Waals surface area contributed by atoms with Crippen LogP contribution in [0.1, 0.15) is 40.3 Å². The van der Waals surface area contributed by atoms with Gasteiger partial charge in [0, 0.05) is 40.9 Å². The van der Waals surface area contributed by atoms with Gasteiger partial charge in [-0.25, -0.2) is 20.0 Å². The maximum Gasteiger partial charge on any atom is 0.340 e. The second-order valence-corrected chi connectivity index (χ2v) is 8.82. The minimum absolute atomic E-state index is 0.196. The molecule has 11 heteroatoms. The Kier molecular flexibility index (Phi) is 5.55. The van der Waals surface area contributed by atoms with Gasteiger partial charge in [-0.15, -0.1) is 0 Å². The van der Waals surface area contributed by atoms with Crippen LogP contribution in [0.4, 0.5) is 4.39 Å². The highest BCUT2D eigenvalue weighted by molar-refractivity contribution is 5.89. The van der Waals surface area contributed by atoms with E-state index in [0.29, 0.717) is 46.5 Å². The number of pyridine rings is 2. The predicted octanol–water partition coefficient (Wildman–Crippen LogP) is 0.788. The maximum atomic E-state index is 14.5. The number of benzene rings is 1. The average molecular weight is 481 g/mol. The highest BCUT2D eigenvalue weighted by atomic mass is 19.1. The summed E-state index contributed by atoms with van der Waals surface area (Å²) in [5.74, 6) is 5.02. The van der Waals surface area contributed by atoms with E-state index in [9.17, 15) is 19.1 Å². The number of fused-ring (bicyclic) bond motifs is 5. The van der Waals surface area contributed by atoms with Gasteiger partial charge < -0.3 is 30.9 Å². The number of aliphatic hydroxyl groups is 1. The highest BCUT2D eigenvalue weighted by Crippen LogP contribution is 2.38. The van der Waals surface area contributed by atoms with Crippen molar-refractivity contribution < 1.29 is 19.0 Å². The summed E-state index contributed by atoms with van der Waals surface area (Å²) in [6, 6.07) is 4.64. The summed E-state index contributed by atoms with van der Waals surface area (Å²) in [5, 5.41) is 12.5. The number of halogens is 1. The number of aryl methyl sites for hydroxylation is 1. The van der Waals surface area contributed by atoms with Gasteiger partial charge in [0.1, 0.15) is 12.4 Å². The predicted molar refractivity (Wildman–Crippen MR) is 126 cm³/mol. The van der Waals surface area contributed by atoms with Crippen molar-refractivity contribution in [3.05, 3.63) is 74.1 Å². The summed E-state index contributed by atoms with van der Waals surface area (Å²) in [6.07, 6.45) is 0.508. The van der Waals surface area contributed by atoms with Crippen molar-refractivity contribution >= 4 is 16.9 Å². The largest absolute Gasteiger partial charge is 0.458 e. The zero-order valence-corrected chi connectivity index (χ0v) is 19.0. The van der Waals surface area contributed by atoms with Crippen LogP contribution in [-0.4, -0.2) is 32.2 Å². The Labute approximate surface area is 199 Å². The molecule has 7 N–H and O–H groups in total. The number of carbonyl (C=O) groups is 1. The highest BCUT2D eigenvalue weighted by Gasteiger charge is 2.34. The topological polar surface area (TPSA) is 163 Å². The molecule has 1 aromatic carbocycles. The number of esters is 1. The Morgan fingerprint density at radius 3 is 2.86 bits per heavy atom. The van der Waals surface area contributed by atoms with Crippen LogP contribution < -0.4 is 22.9 Å². The van der Waals surface area contributed by atoms with Crippen LogP contribution in [0.15, 0.2) is 34.9 Å². The summed E-state index contributed by atoms with van der Waals surface area (Å²) in [7, 11) is 0. The van der Waals surface area contributed by atoms with Gasteiger partial charge in [0.05, 0.1) is 35.6 Å². The molecule has 3 aromatic rings. The molecular formula is C24H25FN6O4. The van der Waals surface area contributed by atoms with E-state index in [1.807, 2.05) is 0 Å². The summed E-state index contributed by atoms with van der Waals surface area (Å²) in [5.41, 5.74) is 15.3. The van der Waals surface area contributed by atoms with Crippen LogP contribution in [0, 0.1) is 12.7 Å². The van der Waals surface area contributed by atoms with Crippen LogP contribution >= 0.6 is 0 Å². The number of nitrogens with zero attached hydrogens (tertiary/aromatic N) is 3. The lowest BCUT2D eigenvalue weighted by atomic mass is 9.97. The van der Waals surface area contributed by atoms with Crippen molar-refractivity contribution in [2.45, 2.75) is 39.1 Å². The summed E-state index contributed by atoms with van der Waals surface area (Å²) in [4.78, 5) is 29.8. The minimum Gasteiger partial charge on any atom is -0.458 e. The lowest BCUT2D eigenvalue weighted by Gasteiger charge is -2.21. The van der Waals surface area contributed by atoms with E-state index in [1.54, 1.807) is 25.3 Å². The standard InChI is InChI=1S/C24H25FN6O4/c1-11-4-13-15(8-30(28)7-12(27)2-3-26)16-9-31-20(21(16)29-19(13)6-18(11)25)5-14-17(23(31)33)10-35-24(34)22(14)32/h4-7,22,32H,2-3,8-10,26-28H2,1H3/b12-7-. The normalized spacial score (nSPS) is 16.7. The second-order valence-electron chi connectivity index (χ2n) is 8.82. The fourth-order valence-electron chi connectivity index (χ4n) is 4.69. The molecule has 35 heavy (non-hydrogen) atoms. The van der Waals surface area contributed by atoms with Gasteiger partial charge >= 0.3 is 5.97 Å². The second kappa shape index (κ2) is 8.45. The molecule has 0 aliphatic carbocycles. The third-order valence-electron chi connectivity index (χ3n) is 6.46. The Hall–Kier alpha value is -3.80. The molecule has 0 spiro atoms. The number of hydrogen-bond acceptors (Lipinski definition) is 9. The van der Waals surface area contributed by atoms with E-state index in [0.717, 1.165) is 11.1 Å². The average Bonchev–Trinajstić information content (AvgIpc) is 3.17. The van der Waals surface area contributed by atoms with Gasteiger partial charge in [0.25, 0.3) is 5.56 Å². The Bertz CT molecular complexity index is 1480. The molecule has 4 heterocycles. The molecule has 2 aliphatic rings. The van der Waals surface area contributed by atoms with E-state index >= 15 is 0 Å². The molecule has 182 valence electrons. The number of rotatable bonds is 5. The van der Waals surface area contributed by atoms with E-state index in [4.69, 9.17) is 22.0 Å². The van der Waals surface area contributed by atoms with Crippen LogP contribution in [0.5, 0.6) is 0 Å². The minimum atomic E-state index is -1.56. The Morgan fingerprint density at radius 1 is 1.34 bits per heavy atom. The molecule has 0 bridgehead atoms. The van der Waals surface area contributed by atoms with Gasteiger partial charge in [0.15, 0.2) is 6.10 Å². The number of carbonyl (C=O) groups excluding carboxylic acids is 1. The number of aliphatic hydroxyl groups excluding tert-OH is 1. The summed E-state index contributed by atoms with van der Waals surface area (Å²) >= 11 is 0. The smallest absolute Gasteiger partial charge is 0.340 e. The molecule has 2 aromatic heterocycles. The van der Waals surface area contributed by atoms with Gasteiger partial charge in [-0.2, -0.15) is 0 Å². The van der Waals surface area contributed by atoms with E-state index < -0.39 is 17.9 Å². The van der Waals surface area contributed by atoms with E-state index in [-0.39, 0.29) is 36.4 Å². The fourth-order valence-corrected chi connectivity index (χ4v) is 4.69. The molecule has 0 saturated heterocycles. The number of cyclic esters (lactones) is 1. The first-order valence-corrected chi connectivity index (χ1v) is 11.1. The van der Waals surface area contributed by atoms with Crippen molar-refractivity contribution in [2.75, 3.05) is 6.54 Å². The fraction of sp³-hybridized carbons (Fsp3) is 0.292. The molecule has 5 rings (SSSR count). The molecular weight excluding hydrogens is 455 g/mol. The lowest BCUT2D eigenvalue weighted by molar-refractivity contribution is -0.157. The van der Waals surface area contributed by atoms with Crippen LogP contribution in [-0.2, 0) is 29.2 Å². The third-order valence-corrected chi connectivity index (χ3v) is 6.46. The molecule has 10 nitrogen and oxygen atoms in total. The quantitative estimate of drug-likeness (QED) is 0.184. The summed E-state index contributed by atoms with van der Waals surface area (Å²) in [6.45, 7) is 2.24. The molecule has 0 amide bonds. The van der Waals surface area contributed by atoms with Crippen molar-refractivity contribution in [2.24, 2.45) is 17.3 Å². The van der Waals surface area contributed by atoms with Gasteiger partial charge in [-0.3, -0.25) is 4.79 Å². The van der Waals surface area contributed by atoms with Gasteiger partial charge in [-0.05, 0) is 36.7 Å². The first kappa shape index (κ1) is 23.0. The number of ether oxygens (including phenoxy) is 1. The van der Waals surface area contributed by atoms with Gasteiger partial charge in [0.2, 0.25) is 0 Å². The number of aromatic nitrogens is 2.